The highest BCUT2D eigenvalue weighted by Gasteiger charge is 2.71. The van der Waals surface area contributed by atoms with Crippen molar-refractivity contribution in [1.29, 1.82) is 0 Å². The summed E-state index contributed by atoms with van der Waals surface area (Å²) in [6, 6.07) is 7.64. The molecule has 5 nitrogen and oxygen atoms in total. The fourth-order valence-corrected chi connectivity index (χ4v) is 3.96. The first-order chi connectivity index (χ1) is 9.95. The molecule has 4 atom stereocenters. The summed E-state index contributed by atoms with van der Waals surface area (Å²) in [5.41, 5.74) is -0.115. The van der Waals surface area contributed by atoms with E-state index in [1.807, 2.05) is 24.3 Å². The first-order valence-electron chi connectivity index (χ1n) is 6.91. The molecule has 4 unspecified atom stereocenters. The molecule has 3 N–H and O–H groups in total. The van der Waals surface area contributed by atoms with E-state index < -0.39 is 23.4 Å². The van der Waals surface area contributed by atoms with E-state index in [1.165, 1.54) is 0 Å². The van der Waals surface area contributed by atoms with E-state index in [0.29, 0.717) is 19.4 Å². The molecule has 0 amide bonds. The quantitative estimate of drug-likeness (QED) is 0.754. The molecule has 0 radical (unpaired) electrons. The molecular formula is C15H16BrNO4. The Morgan fingerprint density at radius 1 is 1.29 bits per heavy atom. The lowest BCUT2D eigenvalue weighted by Gasteiger charge is -2.28. The average molecular weight is 354 g/mol. The van der Waals surface area contributed by atoms with Gasteiger partial charge >= 0.3 is 11.9 Å². The van der Waals surface area contributed by atoms with Gasteiger partial charge in [0.15, 0.2) is 0 Å². The van der Waals surface area contributed by atoms with Crippen molar-refractivity contribution in [2.24, 2.45) is 17.8 Å². The third kappa shape index (κ3) is 2.36. The average Bonchev–Trinajstić information content (AvgIpc) is 3.06. The minimum Gasteiger partial charge on any atom is -0.481 e. The van der Waals surface area contributed by atoms with Gasteiger partial charge in [-0.1, -0.05) is 28.1 Å². The van der Waals surface area contributed by atoms with Gasteiger partial charge < -0.3 is 10.2 Å². The molecule has 112 valence electrons. The van der Waals surface area contributed by atoms with E-state index in [9.17, 15) is 14.7 Å². The van der Waals surface area contributed by atoms with Crippen LogP contribution in [0.1, 0.15) is 18.4 Å². The van der Waals surface area contributed by atoms with Gasteiger partial charge in [-0.25, -0.2) is 0 Å². The number of carbonyl (C=O) groups is 2. The molecule has 21 heavy (non-hydrogen) atoms. The highest BCUT2D eigenvalue weighted by Crippen LogP contribution is 2.62. The summed E-state index contributed by atoms with van der Waals surface area (Å²) in [6.07, 6.45) is 1.17. The number of halogens is 1. The van der Waals surface area contributed by atoms with E-state index in [-0.39, 0.29) is 11.8 Å². The lowest BCUT2D eigenvalue weighted by Crippen LogP contribution is -2.53. The second-order valence-electron chi connectivity index (χ2n) is 5.85. The lowest BCUT2D eigenvalue weighted by molar-refractivity contribution is -0.147. The standard InChI is InChI=1S/C15H16BrNO4/c16-9-3-1-8(2-4-9)7-17-15(14(20)21)6-5-10-11(12(10)15)13(18)19/h1-4,10-12,17H,5-7H2,(H,18,19)(H,20,21). The van der Waals surface area contributed by atoms with Crippen LogP contribution in [-0.4, -0.2) is 27.7 Å². The summed E-state index contributed by atoms with van der Waals surface area (Å²) >= 11 is 3.36. The number of aliphatic carboxylic acids is 2. The van der Waals surface area contributed by atoms with Crippen LogP contribution in [0.15, 0.2) is 28.7 Å². The first-order valence-corrected chi connectivity index (χ1v) is 7.71. The van der Waals surface area contributed by atoms with E-state index in [2.05, 4.69) is 21.2 Å². The maximum absolute atomic E-state index is 11.7. The topological polar surface area (TPSA) is 86.6 Å². The Morgan fingerprint density at radius 2 is 1.95 bits per heavy atom. The molecule has 0 saturated heterocycles. The smallest absolute Gasteiger partial charge is 0.324 e. The van der Waals surface area contributed by atoms with Gasteiger partial charge in [-0.3, -0.25) is 14.9 Å². The maximum Gasteiger partial charge on any atom is 0.324 e. The lowest BCUT2D eigenvalue weighted by atomic mass is 9.90. The van der Waals surface area contributed by atoms with Crippen molar-refractivity contribution >= 4 is 27.9 Å². The Bertz CT molecular complexity index is 588. The van der Waals surface area contributed by atoms with Crippen molar-refractivity contribution in [2.45, 2.75) is 24.9 Å². The summed E-state index contributed by atoms with van der Waals surface area (Å²) in [4.78, 5) is 22.9. The third-order valence-electron chi connectivity index (χ3n) is 4.80. The number of carboxylic acids is 2. The number of hydrogen-bond donors (Lipinski definition) is 3. The number of rotatable bonds is 5. The van der Waals surface area contributed by atoms with Crippen LogP contribution < -0.4 is 5.32 Å². The molecule has 2 fully saturated rings. The molecule has 0 aliphatic heterocycles. The van der Waals surface area contributed by atoms with Crippen molar-refractivity contribution in [1.82, 2.24) is 5.32 Å². The van der Waals surface area contributed by atoms with E-state index >= 15 is 0 Å². The monoisotopic (exact) mass is 353 g/mol. The van der Waals surface area contributed by atoms with E-state index in [4.69, 9.17) is 5.11 Å². The number of nitrogens with one attached hydrogen (secondary N) is 1. The fourth-order valence-electron chi connectivity index (χ4n) is 3.70. The molecule has 2 saturated carbocycles. The van der Waals surface area contributed by atoms with Crippen molar-refractivity contribution < 1.29 is 19.8 Å². The number of fused-ring (bicyclic) bond motifs is 1. The molecule has 0 aromatic heterocycles. The molecule has 1 aromatic rings. The van der Waals surface area contributed by atoms with Crippen molar-refractivity contribution in [3.05, 3.63) is 34.3 Å². The molecular weight excluding hydrogens is 338 g/mol. The second-order valence-corrected chi connectivity index (χ2v) is 6.76. The Labute approximate surface area is 130 Å². The number of hydrogen-bond acceptors (Lipinski definition) is 3. The minimum absolute atomic E-state index is 0.0102. The third-order valence-corrected chi connectivity index (χ3v) is 5.33. The molecule has 0 spiro atoms. The molecule has 2 aliphatic carbocycles. The van der Waals surface area contributed by atoms with E-state index in [1.54, 1.807) is 0 Å². The summed E-state index contributed by atoms with van der Waals surface area (Å²) in [5, 5.41) is 21.9. The van der Waals surface area contributed by atoms with Gasteiger partial charge in [-0.2, -0.15) is 0 Å². The maximum atomic E-state index is 11.7. The van der Waals surface area contributed by atoms with E-state index in [0.717, 1.165) is 10.0 Å². The van der Waals surface area contributed by atoms with Gasteiger partial charge in [-0.05, 0) is 36.5 Å². The predicted molar refractivity (Wildman–Crippen MR) is 78.7 cm³/mol. The van der Waals surface area contributed by atoms with Gasteiger partial charge in [-0.15, -0.1) is 0 Å². The zero-order valence-electron chi connectivity index (χ0n) is 11.3. The molecule has 0 heterocycles. The summed E-state index contributed by atoms with van der Waals surface area (Å²) in [6.45, 7) is 0.426. The van der Waals surface area contributed by atoms with Crippen LogP contribution in [0.2, 0.25) is 0 Å². The molecule has 6 heteroatoms. The van der Waals surface area contributed by atoms with Crippen LogP contribution in [0.5, 0.6) is 0 Å². The van der Waals surface area contributed by atoms with Crippen molar-refractivity contribution in [3.8, 4) is 0 Å². The summed E-state index contributed by atoms with van der Waals surface area (Å²) < 4.78 is 0.966. The van der Waals surface area contributed by atoms with Gasteiger partial charge in [0.05, 0.1) is 5.92 Å². The first kappa shape index (κ1) is 14.5. The molecule has 1 aromatic carbocycles. The van der Waals surface area contributed by atoms with Gasteiger partial charge in [0.2, 0.25) is 0 Å². The van der Waals surface area contributed by atoms with Crippen molar-refractivity contribution in [2.75, 3.05) is 0 Å². The molecule has 3 rings (SSSR count). The van der Waals surface area contributed by atoms with Crippen LogP contribution in [0.3, 0.4) is 0 Å². The Morgan fingerprint density at radius 3 is 2.48 bits per heavy atom. The SMILES string of the molecule is O=C(O)C1C2CCC(NCc3ccc(Br)cc3)(C(=O)O)C21. The largest absolute Gasteiger partial charge is 0.481 e. The van der Waals surface area contributed by atoms with Crippen LogP contribution in [0, 0.1) is 17.8 Å². The van der Waals surface area contributed by atoms with Gasteiger partial charge in [0.1, 0.15) is 5.54 Å². The molecule has 2 aliphatic rings. The van der Waals surface area contributed by atoms with Gasteiger partial charge in [0.25, 0.3) is 0 Å². The second kappa shape index (κ2) is 5.10. The van der Waals surface area contributed by atoms with Crippen LogP contribution in [0.4, 0.5) is 0 Å². The van der Waals surface area contributed by atoms with Crippen LogP contribution in [-0.2, 0) is 16.1 Å². The zero-order chi connectivity index (χ0) is 15.2. The number of benzene rings is 1. The molecule has 0 bridgehead atoms. The Balaban J connectivity index is 1.75. The van der Waals surface area contributed by atoms with Gasteiger partial charge in [0, 0.05) is 16.9 Å². The van der Waals surface area contributed by atoms with Crippen LogP contribution in [0.25, 0.3) is 0 Å². The minimum atomic E-state index is -1.10. The number of carboxylic acid groups (broad SMARTS) is 2. The summed E-state index contributed by atoms with van der Waals surface area (Å²) in [5.74, 6) is -2.59. The fraction of sp³-hybridized carbons (Fsp3) is 0.467. The zero-order valence-corrected chi connectivity index (χ0v) is 12.8. The predicted octanol–water partition coefficient (Wildman–Crippen LogP) is 2.10. The highest BCUT2D eigenvalue weighted by molar-refractivity contribution is 9.10. The Hall–Kier alpha value is -1.40. The van der Waals surface area contributed by atoms with Crippen molar-refractivity contribution in [3.63, 3.8) is 0 Å². The van der Waals surface area contributed by atoms with Crippen LogP contribution >= 0.6 is 15.9 Å². The summed E-state index contributed by atoms with van der Waals surface area (Å²) in [7, 11) is 0. The Kier molecular flexibility index (Phi) is 3.53. The normalized spacial score (nSPS) is 33.5. The highest BCUT2D eigenvalue weighted by atomic mass is 79.9.